The summed E-state index contributed by atoms with van der Waals surface area (Å²) >= 11 is 1.72. The number of nitrogens with zero attached hydrogens (tertiary/aromatic N) is 3. The molecule has 0 bridgehead atoms. The van der Waals surface area contributed by atoms with E-state index in [4.69, 9.17) is 0 Å². The van der Waals surface area contributed by atoms with Gasteiger partial charge in [-0.1, -0.05) is 6.07 Å². The quantitative estimate of drug-likeness (QED) is 0.672. The van der Waals surface area contributed by atoms with E-state index in [2.05, 4.69) is 38.6 Å². The predicted octanol–water partition coefficient (Wildman–Crippen LogP) is 2.33. The third-order valence-corrected chi connectivity index (χ3v) is 4.25. The number of aromatic nitrogens is 2. The van der Waals surface area contributed by atoms with Crippen LogP contribution in [0.25, 0.3) is 0 Å². The number of pyridine rings is 1. The summed E-state index contributed by atoms with van der Waals surface area (Å²) in [6.45, 7) is 7.51. The van der Waals surface area contributed by atoms with Gasteiger partial charge in [-0.25, -0.2) is 4.98 Å². The van der Waals surface area contributed by atoms with Gasteiger partial charge >= 0.3 is 0 Å². The highest BCUT2D eigenvalue weighted by atomic mass is 32.1. The molecular formula is C15H21N5S. The molecule has 2 aromatic rings. The van der Waals surface area contributed by atoms with Crippen molar-refractivity contribution < 1.29 is 0 Å². The summed E-state index contributed by atoms with van der Waals surface area (Å²) in [5.41, 5.74) is 3.29. The number of aryl methyl sites for hydroxylation is 3. The van der Waals surface area contributed by atoms with Crippen LogP contribution in [0.2, 0.25) is 0 Å². The summed E-state index contributed by atoms with van der Waals surface area (Å²) in [5.74, 6) is 0.769. The van der Waals surface area contributed by atoms with Crippen LogP contribution >= 0.6 is 11.3 Å². The van der Waals surface area contributed by atoms with Crippen LogP contribution in [0.5, 0.6) is 0 Å². The first kappa shape index (κ1) is 15.4. The van der Waals surface area contributed by atoms with E-state index in [1.807, 2.05) is 26.1 Å². The van der Waals surface area contributed by atoms with Crippen molar-refractivity contribution in [3.63, 3.8) is 0 Å². The summed E-state index contributed by atoms with van der Waals surface area (Å²) in [6.07, 6.45) is 1.81. The van der Waals surface area contributed by atoms with E-state index in [-0.39, 0.29) is 0 Å². The Kier molecular flexibility index (Phi) is 5.27. The van der Waals surface area contributed by atoms with E-state index in [0.29, 0.717) is 6.54 Å². The molecule has 21 heavy (non-hydrogen) atoms. The highest BCUT2D eigenvalue weighted by molar-refractivity contribution is 7.11. The SMILES string of the molecule is CN=C(NCc1ncccc1C)NCc1sc(C)nc1C. The molecule has 0 radical (unpaired) electrons. The molecule has 2 N–H and O–H groups in total. The fourth-order valence-corrected chi connectivity index (χ4v) is 2.87. The zero-order valence-corrected chi connectivity index (χ0v) is 13.7. The third-order valence-electron chi connectivity index (χ3n) is 3.18. The summed E-state index contributed by atoms with van der Waals surface area (Å²) < 4.78 is 0. The van der Waals surface area contributed by atoms with Crippen molar-refractivity contribution in [1.82, 2.24) is 20.6 Å². The average Bonchev–Trinajstić information content (AvgIpc) is 2.79. The summed E-state index contributed by atoms with van der Waals surface area (Å²) in [5, 5.41) is 7.69. The molecule has 0 spiro atoms. The smallest absolute Gasteiger partial charge is 0.191 e. The molecule has 112 valence electrons. The standard InChI is InChI=1S/C15H21N5S/c1-10-6-5-7-17-13(10)8-18-15(16-4)19-9-14-11(2)20-12(3)21-14/h5-7H,8-9H2,1-4H3,(H2,16,18,19). The number of rotatable bonds is 4. The minimum atomic E-state index is 0.660. The monoisotopic (exact) mass is 303 g/mol. The zero-order valence-electron chi connectivity index (χ0n) is 12.9. The maximum atomic E-state index is 4.43. The van der Waals surface area contributed by atoms with E-state index in [9.17, 15) is 0 Å². The Bertz CT molecular complexity index is 633. The largest absolute Gasteiger partial charge is 0.351 e. The first-order valence-electron chi connectivity index (χ1n) is 6.88. The van der Waals surface area contributed by atoms with E-state index < -0.39 is 0 Å². The first-order valence-corrected chi connectivity index (χ1v) is 7.69. The molecule has 5 nitrogen and oxygen atoms in total. The van der Waals surface area contributed by atoms with Gasteiger partial charge < -0.3 is 10.6 Å². The molecule has 0 aliphatic rings. The van der Waals surface area contributed by atoms with Gasteiger partial charge in [0.2, 0.25) is 0 Å². The van der Waals surface area contributed by atoms with E-state index in [1.165, 1.54) is 10.4 Å². The number of nitrogens with one attached hydrogen (secondary N) is 2. The maximum Gasteiger partial charge on any atom is 0.191 e. The lowest BCUT2D eigenvalue weighted by molar-refractivity contribution is 0.791. The molecule has 0 fully saturated rings. The molecule has 2 heterocycles. The maximum absolute atomic E-state index is 4.43. The second kappa shape index (κ2) is 7.17. The van der Waals surface area contributed by atoms with Gasteiger partial charge in [0.1, 0.15) is 0 Å². The molecule has 0 unspecified atom stereocenters. The predicted molar refractivity (Wildman–Crippen MR) is 87.6 cm³/mol. The van der Waals surface area contributed by atoms with Crippen LogP contribution in [0.3, 0.4) is 0 Å². The van der Waals surface area contributed by atoms with Gasteiger partial charge in [0.15, 0.2) is 5.96 Å². The molecule has 0 atom stereocenters. The van der Waals surface area contributed by atoms with Gasteiger partial charge in [-0.3, -0.25) is 9.98 Å². The summed E-state index contributed by atoms with van der Waals surface area (Å²) in [7, 11) is 1.77. The van der Waals surface area contributed by atoms with Gasteiger partial charge in [-0.15, -0.1) is 11.3 Å². The Morgan fingerprint density at radius 2 is 2.00 bits per heavy atom. The van der Waals surface area contributed by atoms with Crippen LogP contribution in [-0.2, 0) is 13.1 Å². The fourth-order valence-electron chi connectivity index (χ4n) is 1.99. The Labute approximate surface area is 129 Å². The van der Waals surface area contributed by atoms with Crippen molar-refractivity contribution in [3.05, 3.63) is 45.2 Å². The number of hydrogen-bond donors (Lipinski definition) is 2. The van der Waals surface area contributed by atoms with E-state index in [0.717, 1.165) is 28.9 Å². The number of thiazole rings is 1. The molecule has 6 heteroatoms. The van der Waals surface area contributed by atoms with E-state index in [1.54, 1.807) is 18.4 Å². The second-order valence-corrected chi connectivity index (χ2v) is 6.08. The van der Waals surface area contributed by atoms with Gasteiger partial charge in [0.25, 0.3) is 0 Å². The molecule has 0 aliphatic heterocycles. The normalized spacial score (nSPS) is 11.5. The van der Waals surface area contributed by atoms with Gasteiger partial charge in [0, 0.05) is 18.1 Å². The molecule has 2 aromatic heterocycles. The van der Waals surface area contributed by atoms with Crippen molar-refractivity contribution in [3.8, 4) is 0 Å². The van der Waals surface area contributed by atoms with E-state index >= 15 is 0 Å². The number of guanidine groups is 1. The van der Waals surface area contributed by atoms with Crippen LogP contribution < -0.4 is 10.6 Å². The van der Waals surface area contributed by atoms with Crippen molar-refractivity contribution in [2.45, 2.75) is 33.9 Å². The minimum absolute atomic E-state index is 0.660. The molecule has 0 amide bonds. The van der Waals surface area contributed by atoms with Crippen LogP contribution in [0.1, 0.15) is 26.8 Å². The molecular weight excluding hydrogens is 282 g/mol. The Morgan fingerprint density at radius 1 is 1.24 bits per heavy atom. The number of hydrogen-bond acceptors (Lipinski definition) is 4. The first-order chi connectivity index (χ1) is 10.1. The van der Waals surface area contributed by atoms with Crippen LogP contribution in [0.4, 0.5) is 0 Å². The molecule has 2 rings (SSSR count). The van der Waals surface area contributed by atoms with Gasteiger partial charge in [-0.2, -0.15) is 0 Å². The lowest BCUT2D eigenvalue weighted by Gasteiger charge is -2.12. The minimum Gasteiger partial charge on any atom is -0.351 e. The van der Waals surface area contributed by atoms with Crippen LogP contribution in [-0.4, -0.2) is 23.0 Å². The molecule has 0 saturated heterocycles. The van der Waals surface area contributed by atoms with Gasteiger partial charge in [0.05, 0.1) is 29.5 Å². The Balaban J connectivity index is 1.90. The van der Waals surface area contributed by atoms with Crippen LogP contribution in [0.15, 0.2) is 23.3 Å². The third kappa shape index (κ3) is 4.26. The van der Waals surface area contributed by atoms with Crippen molar-refractivity contribution in [1.29, 1.82) is 0 Å². The molecule has 0 aliphatic carbocycles. The Morgan fingerprint density at radius 3 is 2.62 bits per heavy atom. The van der Waals surface area contributed by atoms with Crippen molar-refractivity contribution in [2.75, 3.05) is 7.05 Å². The van der Waals surface area contributed by atoms with Crippen molar-refractivity contribution >= 4 is 17.3 Å². The highest BCUT2D eigenvalue weighted by Crippen LogP contribution is 2.16. The average molecular weight is 303 g/mol. The lowest BCUT2D eigenvalue weighted by Crippen LogP contribution is -2.36. The zero-order chi connectivity index (χ0) is 15.2. The summed E-state index contributed by atoms with van der Waals surface area (Å²) in [4.78, 5) is 14.3. The van der Waals surface area contributed by atoms with Crippen LogP contribution in [0, 0.1) is 20.8 Å². The fraction of sp³-hybridized carbons (Fsp3) is 0.400. The lowest BCUT2D eigenvalue weighted by atomic mass is 10.2. The summed E-state index contributed by atoms with van der Waals surface area (Å²) in [6, 6.07) is 4.00. The molecule has 0 aromatic carbocycles. The van der Waals surface area contributed by atoms with Gasteiger partial charge in [-0.05, 0) is 32.4 Å². The number of aliphatic imine (C=N–C) groups is 1. The molecule has 0 saturated carbocycles. The Hall–Kier alpha value is -1.95. The highest BCUT2D eigenvalue weighted by Gasteiger charge is 2.06. The topological polar surface area (TPSA) is 62.2 Å². The second-order valence-electron chi connectivity index (χ2n) is 4.79. The van der Waals surface area contributed by atoms with Crippen molar-refractivity contribution in [2.24, 2.45) is 4.99 Å².